The average molecular weight is 891 g/mol. The summed E-state index contributed by atoms with van der Waals surface area (Å²) in [5.41, 5.74) is 9.71. The number of aromatic amines is 2. The highest BCUT2D eigenvalue weighted by Gasteiger charge is 2.42. The molecule has 0 saturated heterocycles. The van der Waals surface area contributed by atoms with E-state index >= 15 is 0 Å². The number of nitrogens with zero attached hydrogens (tertiary/aromatic N) is 2. The molecule has 0 radical (unpaired) electrons. The average Bonchev–Trinajstić information content (AvgIpc) is 4.00. The summed E-state index contributed by atoms with van der Waals surface area (Å²) in [5.74, 6) is 0.302. The molecule has 0 saturated carbocycles. The molecule has 8 bridgehead atoms. The first-order valence-electron chi connectivity index (χ1n) is 24.7. The number of nitrogens with one attached hydrogen (secondary N) is 2. The minimum absolute atomic E-state index is 0.0748. The normalized spacial score (nSPS) is 20.9. The number of carbonyl (C=O) groups is 2. The SMILES string of the molecule is CC[C@@H]1c2cc3[nH]c4c(c5nc(cc6[nH]c(cc(n2)[C@@H]1C)/c(=C(/C)O)c6C)[C@@H](C)[C@@H]5CCC(=O)OC/C=C(\C)CCC[C@H](C)CCC[C@H](C)CCCC(C)C)[C@@H](C(=O)OC)C(O)=c4c3C. The van der Waals surface area contributed by atoms with Crippen molar-refractivity contribution in [2.45, 2.75) is 183 Å². The van der Waals surface area contributed by atoms with E-state index in [1.54, 1.807) is 6.92 Å². The van der Waals surface area contributed by atoms with E-state index in [0.29, 0.717) is 34.3 Å². The first kappa shape index (κ1) is 49.6. The third kappa shape index (κ3) is 11.1. The molecule has 2 aliphatic heterocycles. The first-order chi connectivity index (χ1) is 30.9. The van der Waals surface area contributed by atoms with Crippen LogP contribution in [0.5, 0.6) is 0 Å². The van der Waals surface area contributed by atoms with E-state index < -0.39 is 11.9 Å². The third-order valence-electron chi connectivity index (χ3n) is 14.9. The Labute approximate surface area is 387 Å². The number of fused-ring (bicyclic) bond motifs is 8. The molecule has 5 heterocycles. The summed E-state index contributed by atoms with van der Waals surface area (Å²) in [5, 5.41) is 24.2. The molecule has 354 valence electrons. The van der Waals surface area contributed by atoms with Crippen molar-refractivity contribution < 1.29 is 29.3 Å². The Morgan fingerprint density at radius 3 is 2.05 bits per heavy atom. The summed E-state index contributed by atoms with van der Waals surface area (Å²) in [7, 11) is 1.33. The number of allylic oxidation sites excluding steroid dienone is 1. The van der Waals surface area contributed by atoms with Gasteiger partial charge in [-0.2, -0.15) is 0 Å². The minimum Gasteiger partial charge on any atom is -0.512 e. The van der Waals surface area contributed by atoms with Crippen molar-refractivity contribution in [1.82, 2.24) is 19.9 Å². The number of aliphatic hydroxyl groups excluding tert-OH is 2. The molecule has 10 heteroatoms. The lowest BCUT2D eigenvalue weighted by Crippen LogP contribution is -2.18. The number of aromatic nitrogens is 4. The zero-order valence-electron chi connectivity index (χ0n) is 41.5. The quantitative estimate of drug-likeness (QED) is 0.0686. The summed E-state index contributed by atoms with van der Waals surface area (Å²) in [6.07, 6.45) is 14.8. The zero-order valence-corrected chi connectivity index (χ0v) is 41.5. The Bertz CT molecular complexity index is 2540. The van der Waals surface area contributed by atoms with Gasteiger partial charge in [-0.25, -0.2) is 0 Å². The van der Waals surface area contributed by atoms with E-state index in [4.69, 9.17) is 19.4 Å². The molecular formula is C55H78N4O6. The lowest BCUT2D eigenvalue weighted by Gasteiger charge is -2.19. The van der Waals surface area contributed by atoms with Gasteiger partial charge >= 0.3 is 11.9 Å². The van der Waals surface area contributed by atoms with Crippen molar-refractivity contribution in [3.63, 3.8) is 0 Å². The number of aliphatic hydroxyl groups is 2. The predicted molar refractivity (Wildman–Crippen MR) is 264 cm³/mol. The summed E-state index contributed by atoms with van der Waals surface area (Å²) in [6, 6.07) is 6.12. The molecule has 10 nitrogen and oxygen atoms in total. The van der Waals surface area contributed by atoms with Gasteiger partial charge in [0.2, 0.25) is 0 Å². The van der Waals surface area contributed by atoms with Gasteiger partial charge < -0.3 is 29.7 Å². The van der Waals surface area contributed by atoms with E-state index in [9.17, 15) is 19.8 Å². The minimum atomic E-state index is -1.09. The van der Waals surface area contributed by atoms with Crippen molar-refractivity contribution in [3.05, 3.63) is 79.8 Å². The van der Waals surface area contributed by atoms with Crippen molar-refractivity contribution in [2.24, 2.45) is 17.8 Å². The van der Waals surface area contributed by atoms with Gasteiger partial charge in [-0.15, -0.1) is 0 Å². The van der Waals surface area contributed by atoms with E-state index in [0.717, 1.165) is 81.1 Å². The van der Waals surface area contributed by atoms with Crippen LogP contribution in [0.1, 0.15) is 208 Å². The third-order valence-corrected chi connectivity index (χ3v) is 14.9. The van der Waals surface area contributed by atoms with Gasteiger partial charge in [0, 0.05) is 74.2 Å². The van der Waals surface area contributed by atoms with Crippen molar-refractivity contribution >= 4 is 45.5 Å². The van der Waals surface area contributed by atoms with Crippen LogP contribution in [0, 0.1) is 31.6 Å². The Hall–Kier alpha value is -4.86. The Morgan fingerprint density at radius 1 is 0.800 bits per heavy atom. The summed E-state index contributed by atoms with van der Waals surface area (Å²) >= 11 is 0. The van der Waals surface area contributed by atoms with Crippen LogP contribution in [0.15, 0.2) is 29.8 Å². The van der Waals surface area contributed by atoms with Gasteiger partial charge in [0.25, 0.3) is 0 Å². The smallest absolute Gasteiger partial charge is 0.321 e. The highest BCUT2D eigenvalue weighted by atomic mass is 16.5. The van der Waals surface area contributed by atoms with Gasteiger partial charge in [-0.05, 0) is 107 Å². The topological polar surface area (TPSA) is 150 Å². The molecule has 3 aromatic rings. The number of hydrogen-bond acceptors (Lipinski definition) is 8. The molecule has 4 N–H and O–H groups in total. The maximum Gasteiger partial charge on any atom is 0.321 e. The lowest BCUT2D eigenvalue weighted by molar-refractivity contribution is -0.143. The standard InChI is InChI=1S/C55H78N4O6/c1-13-39-34(7)41-29-46-48(38(11)60)36(9)43(57-46)27-42-35(8)40(52(58-42)50-51(55(63)64-12)54(62)49-37(10)44(59-53(49)50)28-45(39)56-41)23-24-47(61)65-26-25-33(6)22-16-21-32(5)20-15-19-31(4)18-14-17-30(2)3/h25,27-32,34-35,39-40,51,57,59-60,62H,13-24,26H2,1-12H3/b33-25+,42-27?,45-28?,46-29?,48-38-/t31-,32-,34-,35+,39+,40+,51-/m1/s1. The number of ether oxygens (including phenoxy) is 2. The number of rotatable bonds is 19. The van der Waals surface area contributed by atoms with Crippen LogP contribution in [0.3, 0.4) is 0 Å². The number of carbonyl (C=O) groups excluding carboxylic acids is 2. The molecule has 6 rings (SSSR count). The highest BCUT2D eigenvalue weighted by Crippen LogP contribution is 2.46. The molecule has 0 spiro atoms. The molecule has 0 fully saturated rings. The molecular weight excluding hydrogens is 813 g/mol. The van der Waals surface area contributed by atoms with Crippen LogP contribution in [0.4, 0.5) is 0 Å². The number of esters is 2. The van der Waals surface area contributed by atoms with Crippen molar-refractivity contribution in [1.29, 1.82) is 0 Å². The lowest BCUT2D eigenvalue weighted by atomic mass is 9.84. The molecule has 7 atom stereocenters. The Balaban J connectivity index is 1.25. The van der Waals surface area contributed by atoms with E-state index in [1.165, 1.54) is 57.6 Å². The number of aryl methyl sites for hydroxylation is 2. The molecule has 0 amide bonds. The summed E-state index contributed by atoms with van der Waals surface area (Å²) in [6.45, 7) is 23.8. The predicted octanol–water partition coefficient (Wildman–Crippen LogP) is 12.4. The van der Waals surface area contributed by atoms with Crippen molar-refractivity contribution in [2.75, 3.05) is 13.7 Å². The second-order valence-corrected chi connectivity index (χ2v) is 20.4. The first-order valence-corrected chi connectivity index (χ1v) is 24.7. The van der Waals surface area contributed by atoms with Crippen LogP contribution in [0.25, 0.3) is 33.6 Å². The Morgan fingerprint density at radius 2 is 1.40 bits per heavy atom. The fourth-order valence-corrected chi connectivity index (χ4v) is 10.8. The number of methoxy groups -OCH3 is 1. The molecule has 3 aliphatic rings. The monoisotopic (exact) mass is 891 g/mol. The maximum atomic E-state index is 13.7. The molecule has 0 aromatic carbocycles. The van der Waals surface area contributed by atoms with E-state index in [-0.39, 0.29) is 54.2 Å². The van der Waals surface area contributed by atoms with Gasteiger partial charge in [-0.1, -0.05) is 99.0 Å². The largest absolute Gasteiger partial charge is 0.512 e. The Kier molecular flexibility index (Phi) is 16.5. The fourth-order valence-electron chi connectivity index (χ4n) is 10.8. The van der Waals surface area contributed by atoms with Crippen LogP contribution in [-0.4, -0.2) is 55.8 Å². The number of hydrogen-bond donors (Lipinski definition) is 4. The highest BCUT2D eigenvalue weighted by molar-refractivity contribution is 5.96. The van der Waals surface area contributed by atoms with Crippen molar-refractivity contribution in [3.8, 4) is 0 Å². The summed E-state index contributed by atoms with van der Waals surface area (Å²) in [4.78, 5) is 44.8. The zero-order chi connectivity index (χ0) is 47.3. The van der Waals surface area contributed by atoms with E-state index in [2.05, 4.69) is 77.5 Å². The molecule has 65 heavy (non-hydrogen) atoms. The van der Waals surface area contributed by atoms with Gasteiger partial charge in [0.1, 0.15) is 18.3 Å². The van der Waals surface area contributed by atoms with Gasteiger partial charge in [-0.3, -0.25) is 19.6 Å². The number of H-pyrrole nitrogens is 2. The maximum absolute atomic E-state index is 13.7. The molecule has 0 unspecified atom stereocenters. The van der Waals surface area contributed by atoms with Crippen LogP contribution >= 0.6 is 0 Å². The summed E-state index contributed by atoms with van der Waals surface area (Å²) < 4.78 is 11.1. The van der Waals surface area contributed by atoms with Crippen LogP contribution in [-0.2, 0) is 19.1 Å². The second kappa shape index (κ2) is 21.6. The fraction of sp³-hybridized carbons (Fsp3) is 0.600. The van der Waals surface area contributed by atoms with Gasteiger partial charge in [0.15, 0.2) is 0 Å². The van der Waals surface area contributed by atoms with Crippen LogP contribution < -0.4 is 10.4 Å². The molecule has 1 aliphatic carbocycles. The van der Waals surface area contributed by atoms with Crippen LogP contribution in [0.2, 0.25) is 0 Å². The van der Waals surface area contributed by atoms with E-state index in [1.807, 2.05) is 26.0 Å². The second-order valence-electron chi connectivity index (χ2n) is 20.4. The van der Waals surface area contributed by atoms with Gasteiger partial charge in [0.05, 0.1) is 29.6 Å². The molecule has 3 aromatic heterocycles.